The maximum atomic E-state index is 3.66. The molecule has 2 heteroatoms. The van der Waals surface area contributed by atoms with Gasteiger partial charge in [-0.25, -0.2) is 0 Å². The third-order valence-corrected chi connectivity index (χ3v) is 1.41. The molecule has 0 saturated carbocycles. The van der Waals surface area contributed by atoms with Gasteiger partial charge in [-0.05, 0) is 11.1 Å². The van der Waals surface area contributed by atoms with Gasteiger partial charge in [-0.3, -0.25) is 0 Å². The van der Waals surface area contributed by atoms with E-state index in [-0.39, 0.29) is 35.0 Å². The first kappa shape index (κ1) is 14.2. The molecule has 12 heavy (non-hydrogen) atoms. The zero-order valence-electron chi connectivity index (χ0n) is 7.33. The predicted molar refractivity (Wildman–Crippen MR) is 48.6 cm³/mol. The van der Waals surface area contributed by atoms with Gasteiger partial charge in [-0.15, -0.1) is 0 Å². The standard InChI is InChI=1S/C10H10.Na.H2O/c1-3-9-5-7-10(4-2)8-6-9;;/h3-8H,1-2H2;;1H2/q;+1;/p-1. The Labute approximate surface area is 95.4 Å². The van der Waals surface area contributed by atoms with Crippen molar-refractivity contribution in [3.05, 3.63) is 48.6 Å². The van der Waals surface area contributed by atoms with Crippen molar-refractivity contribution in [2.75, 3.05) is 0 Å². The third-order valence-electron chi connectivity index (χ3n) is 1.41. The van der Waals surface area contributed by atoms with Crippen LogP contribution in [0.2, 0.25) is 0 Å². The van der Waals surface area contributed by atoms with Crippen LogP contribution in [0.4, 0.5) is 0 Å². The summed E-state index contributed by atoms with van der Waals surface area (Å²) in [6.07, 6.45) is 3.65. The van der Waals surface area contributed by atoms with Gasteiger partial charge in [-0.2, -0.15) is 0 Å². The molecule has 0 aliphatic heterocycles. The van der Waals surface area contributed by atoms with Crippen LogP contribution < -0.4 is 29.6 Å². The van der Waals surface area contributed by atoms with Crippen molar-refractivity contribution < 1.29 is 35.0 Å². The van der Waals surface area contributed by atoms with Crippen LogP contribution in [-0.4, -0.2) is 5.48 Å². The summed E-state index contributed by atoms with van der Waals surface area (Å²) in [7, 11) is 0. The summed E-state index contributed by atoms with van der Waals surface area (Å²) in [5.74, 6) is 0. The van der Waals surface area contributed by atoms with Crippen LogP contribution in [0.25, 0.3) is 12.2 Å². The van der Waals surface area contributed by atoms with E-state index in [4.69, 9.17) is 0 Å². The average molecular weight is 170 g/mol. The first-order chi connectivity index (χ1) is 4.86. The molecular formula is C10H11NaO. The molecule has 1 nitrogen and oxygen atoms in total. The second kappa shape index (κ2) is 7.32. The van der Waals surface area contributed by atoms with E-state index in [2.05, 4.69) is 13.2 Å². The zero-order chi connectivity index (χ0) is 7.40. The smallest absolute Gasteiger partial charge is 0.870 e. The van der Waals surface area contributed by atoms with E-state index < -0.39 is 0 Å². The minimum absolute atomic E-state index is 0. The topological polar surface area (TPSA) is 30.0 Å². The van der Waals surface area contributed by atoms with Gasteiger partial charge in [0.1, 0.15) is 0 Å². The fourth-order valence-electron chi connectivity index (χ4n) is 0.768. The number of benzene rings is 1. The van der Waals surface area contributed by atoms with Gasteiger partial charge in [0, 0.05) is 0 Å². The molecule has 0 atom stereocenters. The minimum Gasteiger partial charge on any atom is -0.870 e. The molecule has 0 saturated heterocycles. The second-order valence-electron chi connectivity index (χ2n) is 2.07. The van der Waals surface area contributed by atoms with Gasteiger partial charge in [0.05, 0.1) is 0 Å². The molecular weight excluding hydrogens is 159 g/mol. The van der Waals surface area contributed by atoms with Crippen LogP contribution >= 0.6 is 0 Å². The van der Waals surface area contributed by atoms with Crippen molar-refractivity contribution in [2.24, 2.45) is 0 Å². The Morgan fingerprint density at radius 1 is 0.833 bits per heavy atom. The number of rotatable bonds is 2. The van der Waals surface area contributed by atoms with Crippen LogP contribution in [0.3, 0.4) is 0 Å². The molecule has 0 bridgehead atoms. The SMILES string of the molecule is C=Cc1ccc(C=C)cc1.[Na+].[OH-]. The summed E-state index contributed by atoms with van der Waals surface area (Å²) >= 11 is 0. The van der Waals surface area contributed by atoms with E-state index in [1.807, 2.05) is 36.4 Å². The van der Waals surface area contributed by atoms with Crippen LogP contribution in [-0.2, 0) is 0 Å². The third kappa shape index (κ3) is 3.88. The Balaban J connectivity index is 0. The fourth-order valence-corrected chi connectivity index (χ4v) is 0.768. The summed E-state index contributed by atoms with van der Waals surface area (Å²) in [6.45, 7) is 7.32. The summed E-state index contributed by atoms with van der Waals surface area (Å²) < 4.78 is 0. The molecule has 0 aromatic heterocycles. The molecule has 0 aliphatic rings. The van der Waals surface area contributed by atoms with E-state index in [0.717, 1.165) is 11.1 Å². The molecule has 1 aromatic rings. The fraction of sp³-hybridized carbons (Fsp3) is 0. The van der Waals surface area contributed by atoms with Gasteiger partial charge < -0.3 is 5.48 Å². The van der Waals surface area contributed by atoms with Gasteiger partial charge >= 0.3 is 29.6 Å². The molecule has 1 rings (SSSR count). The summed E-state index contributed by atoms with van der Waals surface area (Å²) in [6, 6.07) is 8.07. The molecule has 58 valence electrons. The van der Waals surface area contributed by atoms with Crippen molar-refractivity contribution in [1.82, 2.24) is 0 Å². The molecule has 0 aliphatic carbocycles. The Morgan fingerprint density at radius 2 is 1.08 bits per heavy atom. The first-order valence-corrected chi connectivity index (χ1v) is 3.22. The van der Waals surface area contributed by atoms with E-state index in [1.54, 1.807) is 0 Å². The summed E-state index contributed by atoms with van der Waals surface area (Å²) in [4.78, 5) is 0. The molecule has 0 heterocycles. The second-order valence-corrected chi connectivity index (χ2v) is 2.07. The average Bonchev–Trinajstić information content (AvgIpc) is 2.05. The van der Waals surface area contributed by atoms with Crippen LogP contribution in [0, 0.1) is 0 Å². The summed E-state index contributed by atoms with van der Waals surface area (Å²) in [5, 5.41) is 0. The monoisotopic (exact) mass is 170 g/mol. The van der Waals surface area contributed by atoms with Crippen molar-refractivity contribution in [2.45, 2.75) is 0 Å². The van der Waals surface area contributed by atoms with E-state index in [9.17, 15) is 0 Å². The molecule has 0 amide bonds. The van der Waals surface area contributed by atoms with Crippen molar-refractivity contribution >= 4 is 12.2 Å². The predicted octanol–water partition coefficient (Wildman–Crippen LogP) is -0.200. The van der Waals surface area contributed by atoms with Crippen LogP contribution in [0.15, 0.2) is 37.4 Å². The Morgan fingerprint density at radius 3 is 1.25 bits per heavy atom. The van der Waals surface area contributed by atoms with Gasteiger partial charge in [0.15, 0.2) is 0 Å². The number of hydrogen-bond acceptors (Lipinski definition) is 1. The Hall–Kier alpha value is -0.340. The molecule has 1 aromatic carbocycles. The van der Waals surface area contributed by atoms with E-state index in [1.165, 1.54) is 0 Å². The Kier molecular flexibility index (Phi) is 8.66. The van der Waals surface area contributed by atoms with Gasteiger partial charge in [-0.1, -0.05) is 49.6 Å². The molecule has 0 fully saturated rings. The quantitative estimate of drug-likeness (QED) is 0.565. The van der Waals surface area contributed by atoms with Crippen LogP contribution in [0.1, 0.15) is 11.1 Å². The molecule has 0 unspecified atom stereocenters. The van der Waals surface area contributed by atoms with E-state index >= 15 is 0 Å². The van der Waals surface area contributed by atoms with Gasteiger partial charge in [0.25, 0.3) is 0 Å². The van der Waals surface area contributed by atoms with E-state index in [0.29, 0.717) is 0 Å². The van der Waals surface area contributed by atoms with Gasteiger partial charge in [0.2, 0.25) is 0 Å². The summed E-state index contributed by atoms with van der Waals surface area (Å²) in [5.41, 5.74) is 2.29. The Bertz CT molecular complexity index is 212. The van der Waals surface area contributed by atoms with Crippen molar-refractivity contribution in [1.29, 1.82) is 0 Å². The normalized spacial score (nSPS) is 7.33. The maximum Gasteiger partial charge on any atom is 1.00 e. The largest absolute Gasteiger partial charge is 1.00 e. The van der Waals surface area contributed by atoms with Crippen LogP contribution in [0.5, 0.6) is 0 Å². The first-order valence-electron chi connectivity index (χ1n) is 3.22. The maximum absolute atomic E-state index is 3.66. The van der Waals surface area contributed by atoms with Crippen molar-refractivity contribution in [3.8, 4) is 0 Å². The minimum atomic E-state index is 0. The molecule has 0 radical (unpaired) electrons. The molecule has 1 N–H and O–H groups in total. The molecule has 0 spiro atoms. The van der Waals surface area contributed by atoms with Crippen molar-refractivity contribution in [3.63, 3.8) is 0 Å². The number of hydrogen-bond donors (Lipinski definition) is 0. The zero-order valence-corrected chi connectivity index (χ0v) is 9.33.